The lowest BCUT2D eigenvalue weighted by atomic mass is 10.2. The van der Waals surface area contributed by atoms with E-state index < -0.39 is 0 Å². The highest BCUT2D eigenvalue weighted by molar-refractivity contribution is 7.15. The molecule has 88 valence electrons. The smallest absolute Gasteiger partial charge is 0.169 e. The number of aromatic nitrogens is 1. The molecule has 0 radical (unpaired) electrons. The summed E-state index contributed by atoms with van der Waals surface area (Å²) in [6, 6.07) is 7.74. The minimum atomic E-state index is 0.527. The van der Waals surface area contributed by atoms with Crippen molar-refractivity contribution >= 4 is 17.6 Å². The zero-order valence-electron chi connectivity index (χ0n) is 9.77. The topological polar surface area (TPSA) is 39.2 Å². The molecule has 0 N–H and O–H groups in total. The molecule has 2 rings (SSSR count). The van der Waals surface area contributed by atoms with Gasteiger partial charge in [-0.05, 0) is 38.1 Å². The van der Waals surface area contributed by atoms with Gasteiger partial charge in [0.25, 0.3) is 0 Å². The molecule has 0 aliphatic rings. The van der Waals surface area contributed by atoms with E-state index in [-0.39, 0.29) is 0 Å². The Balaban J connectivity index is 2.29. The molecule has 0 fully saturated rings. The molecule has 0 amide bonds. The van der Waals surface area contributed by atoms with Gasteiger partial charge >= 0.3 is 0 Å². The van der Waals surface area contributed by atoms with Crippen LogP contribution in [0.2, 0.25) is 0 Å². The van der Waals surface area contributed by atoms with E-state index in [4.69, 9.17) is 4.74 Å². The van der Waals surface area contributed by atoms with Gasteiger partial charge in [0.15, 0.2) is 6.29 Å². The molecule has 2 aromatic rings. The Bertz CT molecular complexity index is 517. The van der Waals surface area contributed by atoms with Crippen molar-refractivity contribution in [2.24, 2.45) is 0 Å². The SMILES string of the molecule is CCOc1ccc(-c2nc(C=O)c(C)s2)cc1. The molecule has 0 aliphatic carbocycles. The third-order valence-corrected chi connectivity index (χ3v) is 3.39. The first-order chi connectivity index (χ1) is 8.24. The second-order valence-electron chi connectivity index (χ2n) is 3.54. The molecule has 1 aromatic carbocycles. The maximum Gasteiger partial charge on any atom is 0.169 e. The molecule has 0 saturated heterocycles. The van der Waals surface area contributed by atoms with Crippen molar-refractivity contribution in [1.29, 1.82) is 0 Å². The number of hydrogen-bond acceptors (Lipinski definition) is 4. The Hall–Kier alpha value is -1.68. The lowest BCUT2D eigenvalue weighted by Crippen LogP contribution is -1.90. The van der Waals surface area contributed by atoms with Gasteiger partial charge in [-0.2, -0.15) is 0 Å². The van der Waals surface area contributed by atoms with Crippen LogP contribution in [0.15, 0.2) is 24.3 Å². The number of rotatable bonds is 4. The van der Waals surface area contributed by atoms with Crippen molar-refractivity contribution < 1.29 is 9.53 Å². The van der Waals surface area contributed by atoms with Crippen LogP contribution in [0.25, 0.3) is 10.6 Å². The molecule has 4 heteroatoms. The summed E-state index contributed by atoms with van der Waals surface area (Å²) in [5.74, 6) is 0.847. The van der Waals surface area contributed by atoms with Crippen LogP contribution in [0.4, 0.5) is 0 Å². The molecule has 0 saturated carbocycles. The fourth-order valence-corrected chi connectivity index (χ4v) is 2.39. The fraction of sp³-hybridized carbons (Fsp3) is 0.231. The van der Waals surface area contributed by atoms with Crippen molar-refractivity contribution in [2.45, 2.75) is 13.8 Å². The third-order valence-electron chi connectivity index (χ3n) is 2.36. The average Bonchev–Trinajstić information content (AvgIpc) is 2.72. The zero-order valence-corrected chi connectivity index (χ0v) is 10.6. The first-order valence-corrected chi connectivity index (χ1v) is 6.22. The third kappa shape index (κ3) is 2.53. The molecule has 1 heterocycles. The van der Waals surface area contributed by atoms with Crippen molar-refractivity contribution in [3.05, 3.63) is 34.8 Å². The number of aryl methyl sites for hydroxylation is 1. The molecule has 0 unspecified atom stereocenters. The average molecular weight is 247 g/mol. The highest BCUT2D eigenvalue weighted by Crippen LogP contribution is 2.28. The number of carbonyl (C=O) groups is 1. The zero-order chi connectivity index (χ0) is 12.3. The van der Waals surface area contributed by atoms with Crippen LogP contribution in [0.3, 0.4) is 0 Å². The maximum atomic E-state index is 10.7. The Kier molecular flexibility index (Phi) is 3.54. The monoisotopic (exact) mass is 247 g/mol. The van der Waals surface area contributed by atoms with Gasteiger partial charge in [-0.15, -0.1) is 11.3 Å². The molecular weight excluding hydrogens is 234 g/mol. The predicted molar refractivity (Wildman–Crippen MR) is 68.8 cm³/mol. The highest BCUT2D eigenvalue weighted by atomic mass is 32.1. The van der Waals surface area contributed by atoms with Gasteiger partial charge in [0.05, 0.1) is 6.61 Å². The Labute approximate surface area is 104 Å². The number of hydrogen-bond donors (Lipinski definition) is 0. The van der Waals surface area contributed by atoms with E-state index in [2.05, 4.69) is 4.98 Å². The predicted octanol–water partition coefficient (Wildman–Crippen LogP) is 3.33. The molecule has 3 nitrogen and oxygen atoms in total. The van der Waals surface area contributed by atoms with Gasteiger partial charge in [-0.3, -0.25) is 4.79 Å². The van der Waals surface area contributed by atoms with Crippen molar-refractivity contribution in [2.75, 3.05) is 6.61 Å². The van der Waals surface area contributed by atoms with E-state index >= 15 is 0 Å². The largest absolute Gasteiger partial charge is 0.494 e. The highest BCUT2D eigenvalue weighted by Gasteiger charge is 2.08. The lowest BCUT2D eigenvalue weighted by Gasteiger charge is -2.02. The summed E-state index contributed by atoms with van der Waals surface area (Å²) in [5.41, 5.74) is 1.54. The first-order valence-electron chi connectivity index (χ1n) is 5.40. The van der Waals surface area contributed by atoms with Gasteiger partial charge in [-0.25, -0.2) is 4.98 Å². The van der Waals surface area contributed by atoms with Crippen LogP contribution in [0.1, 0.15) is 22.3 Å². The van der Waals surface area contributed by atoms with Gasteiger partial charge in [0.2, 0.25) is 0 Å². The Morgan fingerprint density at radius 3 is 2.59 bits per heavy atom. The summed E-state index contributed by atoms with van der Waals surface area (Å²) >= 11 is 1.53. The number of carbonyl (C=O) groups excluding carboxylic acids is 1. The summed E-state index contributed by atoms with van der Waals surface area (Å²) in [6.45, 7) is 4.51. The number of nitrogens with zero attached hydrogens (tertiary/aromatic N) is 1. The van der Waals surface area contributed by atoms with E-state index in [1.807, 2.05) is 38.1 Å². The molecule has 0 aliphatic heterocycles. The van der Waals surface area contributed by atoms with Crippen LogP contribution in [0.5, 0.6) is 5.75 Å². The lowest BCUT2D eigenvalue weighted by molar-refractivity contribution is 0.111. The van der Waals surface area contributed by atoms with Crippen LogP contribution in [-0.2, 0) is 0 Å². The van der Waals surface area contributed by atoms with Crippen LogP contribution < -0.4 is 4.74 Å². The van der Waals surface area contributed by atoms with E-state index in [1.165, 1.54) is 11.3 Å². The van der Waals surface area contributed by atoms with Crippen molar-refractivity contribution in [1.82, 2.24) is 4.98 Å². The molecule has 0 atom stereocenters. The van der Waals surface area contributed by atoms with Gasteiger partial charge in [0, 0.05) is 10.4 Å². The van der Waals surface area contributed by atoms with Gasteiger partial charge in [-0.1, -0.05) is 0 Å². The van der Waals surface area contributed by atoms with E-state index in [0.717, 1.165) is 27.5 Å². The van der Waals surface area contributed by atoms with Crippen molar-refractivity contribution in [3.8, 4) is 16.3 Å². The van der Waals surface area contributed by atoms with Crippen LogP contribution in [0, 0.1) is 6.92 Å². The number of aldehydes is 1. The quantitative estimate of drug-likeness (QED) is 0.778. The standard InChI is InChI=1S/C13H13NO2S/c1-3-16-11-6-4-10(5-7-11)13-14-12(8-15)9(2)17-13/h4-8H,3H2,1-2H3. The van der Waals surface area contributed by atoms with Crippen LogP contribution >= 0.6 is 11.3 Å². The maximum absolute atomic E-state index is 10.7. The minimum Gasteiger partial charge on any atom is -0.494 e. The normalized spacial score (nSPS) is 10.2. The van der Waals surface area contributed by atoms with Gasteiger partial charge in [0.1, 0.15) is 16.5 Å². The first kappa shape index (κ1) is 11.8. The van der Waals surface area contributed by atoms with Crippen molar-refractivity contribution in [3.63, 3.8) is 0 Å². The van der Waals surface area contributed by atoms with E-state index in [1.54, 1.807) is 0 Å². The summed E-state index contributed by atoms with van der Waals surface area (Å²) < 4.78 is 5.37. The molecule has 0 bridgehead atoms. The Morgan fingerprint density at radius 2 is 2.06 bits per heavy atom. The second-order valence-corrected chi connectivity index (χ2v) is 4.74. The number of thiazole rings is 1. The molecule has 17 heavy (non-hydrogen) atoms. The molecule has 0 spiro atoms. The number of benzene rings is 1. The van der Waals surface area contributed by atoms with E-state index in [0.29, 0.717) is 12.3 Å². The number of ether oxygens (including phenoxy) is 1. The fourth-order valence-electron chi connectivity index (χ4n) is 1.50. The summed E-state index contributed by atoms with van der Waals surface area (Å²) in [4.78, 5) is 16.0. The second kappa shape index (κ2) is 5.10. The summed E-state index contributed by atoms with van der Waals surface area (Å²) in [5, 5.41) is 0.868. The van der Waals surface area contributed by atoms with Crippen LogP contribution in [-0.4, -0.2) is 17.9 Å². The Morgan fingerprint density at radius 1 is 1.35 bits per heavy atom. The molecule has 1 aromatic heterocycles. The van der Waals surface area contributed by atoms with E-state index in [9.17, 15) is 4.79 Å². The minimum absolute atomic E-state index is 0.527. The molecular formula is C13H13NO2S. The summed E-state index contributed by atoms with van der Waals surface area (Å²) in [6.07, 6.45) is 0.796. The van der Waals surface area contributed by atoms with Gasteiger partial charge < -0.3 is 4.74 Å². The summed E-state index contributed by atoms with van der Waals surface area (Å²) in [7, 11) is 0.